The van der Waals surface area contributed by atoms with Crippen LogP contribution in [0.4, 0.5) is 0 Å². The Labute approximate surface area is 122 Å². The smallest absolute Gasteiger partial charge is 0.271 e. The number of H-pyrrole nitrogens is 1. The van der Waals surface area contributed by atoms with Gasteiger partial charge in [-0.15, -0.1) is 0 Å². The fourth-order valence-electron chi connectivity index (χ4n) is 2.13. The molecule has 4 nitrogen and oxygen atoms in total. The molecule has 3 aromatic rings. The van der Waals surface area contributed by atoms with Gasteiger partial charge in [0.1, 0.15) is 0 Å². The van der Waals surface area contributed by atoms with E-state index in [-0.39, 0.29) is 5.91 Å². The van der Waals surface area contributed by atoms with Crippen molar-refractivity contribution in [1.29, 1.82) is 0 Å². The number of carbonyl (C=O) groups is 1. The maximum Gasteiger partial charge on any atom is 0.271 e. The molecule has 0 atom stereocenters. The molecule has 21 heavy (non-hydrogen) atoms. The van der Waals surface area contributed by atoms with Gasteiger partial charge < -0.3 is 4.98 Å². The fraction of sp³-hybridized carbons (Fsp3) is 0.0588. The Morgan fingerprint density at radius 1 is 1.14 bits per heavy atom. The predicted molar refractivity (Wildman–Crippen MR) is 84.5 cm³/mol. The van der Waals surface area contributed by atoms with E-state index in [9.17, 15) is 4.79 Å². The van der Waals surface area contributed by atoms with E-state index < -0.39 is 0 Å². The highest BCUT2D eigenvalue weighted by atomic mass is 16.2. The molecular weight excluding hydrogens is 262 g/mol. The number of hydrogen-bond donors (Lipinski definition) is 2. The molecular formula is C17H15N3O. The van der Waals surface area contributed by atoms with Gasteiger partial charge in [-0.25, -0.2) is 5.43 Å². The first-order chi connectivity index (χ1) is 10.2. The molecule has 0 spiro atoms. The number of hydrogen-bond acceptors (Lipinski definition) is 2. The predicted octanol–water partition coefficient (Wildman–Crippen LogP) is 3.24. The SMILES string of the molecule is Cc1ccc(C(=O)NN=Cc2c[nH]c3ccccc23)cc1. The van der Waals surface area contributed by atoms with Crippen molar-refractivity contribution in [1.82, 2.24) is 10.4 Å². The molecule has 0 saturated carbocycles. The van der Waals surface area contributed by atoms with Gasteiger partial charge >= 0.3 is 0 Å². The van der Waals surface area contributed by atoms with Crippen molar-refractivity contribution in [3.05, 3.63) is 71.4 Å². The van der Waals surface area contributed by atoms with Crippen molar-refractivity contribution in [2.24, 2.45) is 5.10 Å². The average Bonchev–Trinajstić information content (AvgIpc) is 2.91. The zero-order valence-corrected chi connectivity index (χ0v) is 11.6. The quantitative estimate of drug-likeness (QED) is 0.560. The van der Waals surface area contributed by atoms with E-state index in [1.54, 1.807) is 18.3 Å². The summed E-state index contributed by atoms with van der Waals surface area (Å²) in [5.41, 5.74) is 6.24. The van der Waals surface area contributed by atoms with Gasteiger partial charge in [0.05, 0.1) is 6.21 Å². The number of rotatable bonds is 3. The monoisotopic (exact) mass is 277 g/mol. The minimum absolute atomic E-state index is 0.217. The number of benzene rings is 2. The first-order valence-electron chi connectivity index (χ1n) is 6.70. The standard InChI is InChI=1S/C17H15N3O/c1-12-6-8-13(9-7-12)17(21)20-19-11-14-10-18-16-5-3-2-4-15(14)16/h2-11,18H,1H3,(H,20,21). The molecule has 0 aliphatic rings. The lowest BCUT2D eigenvalue weighted by molar-refractivity contribution is 0.0955. The van der Waals surface area contributed by atoms with Crippen LogP contribution in [0.5, 0.6) is 0 Å². The average molecular weight is 277 g/mol. The maximum absolute atomic E-state index is 11.9. The van der Waals surface area contributed by atoms with E-state index in [1.807, 2.05) is 49.5 Å². The largest absolute Gasteiger partial charge is 0.361 e. The van der Waals surface area contributed by atoms with Crippen molar-refractivity contribution in [2.75, 3.05) is 0 Å². The third-order valence-electron chi connectivity index (χ3n) is 3.30. The molecule has 3 rings (SSSR count). The van der Waals surface area contributed by atoms with Crippen LogP contribution < -0.4 is 5.43 Å². The molecule has 0 fully saturated rings. The third-order valence-corrected chi connectivity index (χ3v) is 3.30. The minimum atomic E-state index is -0.217. The highest BCUT2D eigenvalue weighted by molar-refractivity contribution is 6.00. The van der Waals surface area contributed by atoms with Gasteiger partial charge in [0.25, 0.3) is 5.91 Å². The number of aromatic amines is 1. The minimum Gasteiger partial charge on any atom is -0.361 e. The van der Waals surface area contributed by atoms with Crippen LogP contribution in [0.3, 0.4) is 0 Å². The molecule has 0 aliphatic heterocycles. The van der Waals surface area contributed by atoms with Gasteiger partial charge in [-0.3, -0.25) is 4.79 Å². The fourth-order valence-corrected chi connectivity index (χ4v) is 2.13. The topological polar surface area (TPSA) is 57.2 Å². The number of aromatic nitrogens is 1. The Balaban J connectivity index is 1.72. The van der Waals surface area contributed by atoms with Crippen molar-refractivity contribution < 1.29 is 4.79 Å². The van der Waals surface area contributed by atoms with Crippen LogP contribution >= 0.6 is 0 Å². The van der Waals surface area contributed by atoms with Crippen LogP contribution in [0.15, 0.2) is 59.8 Å². The number of nitrogens with one attached hydrogen (secondary N) is 2. The molecule has 2 aromatic carbocycles. The summed E-state index contributed by atoms with van der Waals surface area (Å²) in [6, 6.07) is 15.3. The summed E-state index contributed by atoms with van der Waals surface area (Å²) < 4.78 is 0. The molecule has 1 amide bonds. The Morgan fingerprint density at radius 2 is 1.90 bits per heavy atom. The third kappa shape index (κ3) is 2.84. The number of amides is 1. The van der Waals surface area contributed by atoms with Crippen molar-refractivity contribution in [2.45, 2.75) is 6.92 Å². The van der Waals surface area contributed by atoms with Crippen LogP contribution in [0.1, 0.15) is 21.5 Å². The number of hydrazone groups is 1. The molecule has 0 radical (unpaired) electrons. The van der Waals surface area contributed by atoms with Crippen LogP contribution in [0.25, 0.3) is 10.9 Å². The lowest BCUT2D eigenvalue weighted by Gasteiger charge is -1.99. The molecule has 1 aromatic heterocycles. The van der Waals surface area contributed by atoms with Gasteiger partial charge in [-0.2, -0.15) is 5.10 Å². The van der Waals surface area contributed by atoms with Gasteiger partial charge in [0.15, 0.2) is 0 Å². The van der Waals surface area contributed by atoms with E-state index in [0.29, 0.717) is 5.56 Å². The van der Waals surface area contributed by atoms with Gasteiger partial charge in [-0.05, 0) is 25.1 Å². The van der Waals surface area contributed by atoms with Crippen LogP contribution in [0.2, 0.25) is 0 Å². The number of para-hydroxylation sites is 1. The number of fused-ring (bicyclic) bond motifs is 1. The Kier molecular flexibility index (Phi) is 3.51. The summed E-state index contributed by atoms with van der Waals surface area (Å²) >= 11 is 0. The summed E-state index contributed by atoms with van der Waals surface area (Å²) in [6.45, 7) is 1.98. The first-order valence-corrected chi connectivity index (χ1v) is 6.70. The number of nitrogens with zero attached hydrogens (tertiary/aromatic N) is 1. The van der Waals surface area contributed by atoms with Crippen molar-refractivity contribution in [3.63, 3.8) is 0 Å². The second-order valence-electron chi connectivity index (χ2n) is 4.85. The van der Waals surface area contributed by atoms with E-state index in [0.717, 1.165) is 22.0 Å². The summed E-state index contributed by atoms with van der Waals surface area (Å²) in [7, 11) is 0. The molecule has 0 aliphatic carbocycles. The second-order valence-corrected chi connectivity index (χ2v) is 4.85. The maximum atomic E-state index is 11.9. The summed E-state index contributed by atoms with van der Waals surface area (Å²) in [4.78, 5) is 15.1. The molecule has 104 valence electrons. The molecule has 2 N–H and O–H groups in total. The first kappa shape index (κ1) is 13.1. The molecule has 0 unspecified atom stereocenters. The van der Waals surface area contributed by atoms with E-state index in [2.05, 4.69) is 15.5 Å². The summed E-state index contributed by atoms with van der Waals surface area (Å²) in [5.74, 6) is -0.217. The Hall–Kier alpha value is -2.88. The highest BCUT2D eigenvalue weighted by Crippen LogP contribution is 2.15. The second kappa shape index (κ2) is 5.63. The normalized spacial score (nSPS) is 11.1. The zero-order chi connectivity index (χ0) is 14.7. The lowest BCUT2D eigenvalue weighted by atomic mass is 10.1. The van der Waals surface area contributed by atoms with Gasteiger partial charge in [0.2, 0.25) is 0 Å². The van der Waals surface area contributed by atoms with Gasteiger partial charge in [0, 0.05) is 28.2 Å². The molecule has 0 bridgehead atoms. The van der Waals surface area contributed by atoms with E-state index in [4.69, 9.17) is 0 Å². The van der Waals surface area contributed by atoms with E-state index in [1.165, 1.54) is 0 Å². The lowest BCUT2D eigenvalue weighted by Crippen LogP contribution is -2.17. The van der Waals surface area contributed by atoms with Crippen LogP contribution in [-0.2, 0) is 0 Å². The molecule has 0 saturated heterocycles. The van der Waals surface area contributed by atoms with Crippen LogP contribution in [0, 0.1) is 6.92 Å². The molecule has 4 heteroatoms. The zero-order valence-electron chi connectivity index (χ0n) is 11.6. The summed E-state index contributed by atoms with van der Waals surface area (Å²) in [6.07, 6.45) is 3.51. The van der Waals surface area contributed by atoms with Crippen molar-refractivity contribution >= 4 is 23.0 Å². The number of carbonyl (C=O) groups excluding carboxylic acids is 1. The Morgan fingerprint density at radius 3 is 2.71 bits per heavy atom. The van der Waals surface area contributed by atoms with Crippen LogP contribution in [-0.4, -0.2) is 17.1 Å². The summed E-state index contributed by atoms with van der Waals surface area (Å²) in [5, 5.41) is 5.09. The molecule has 1 heterocycles. The van der Waals surface area contributed by atoms with Crippen molar-refractivity contribution in [3.8, 4) is 0 Å². The van der Waals surface area contributed by atoms with E-state index >= 15 is 0 Å². The Bertz CT molecular complexity index is 800. The number of aryl methyl sites for hydroxylation is 1. The van der Waals surface area contributed by atoms with Gasteiger partial charge in [-0.1, -0.05) is 35.9 Å². The highest BCUT2D eigenvalue weighted by Gasteiger charge is 2.03.